The molecule has 0 saturated heterocycles. The molecule has 3 aliphatic carbocycles. The summed E-state index contributed by atoms with van der Waals surface area (Å²) in [6.07, 6.45) is 17.7. The molecule has 3 fully saturated rings. The third-order valence-electron chi connectivity index (χ3n) is 9.32. The molecule has 0 aliphatic heterocycles. The molecule has 3 nitrogen and oxygen atoms in total. The lowest BCUT2D eigenvalue weighted by Gasteiger charge is -2.46. The normalized spacial score (nSPS) is 27.4. The average Bonchev–Trinajstić information content (AvgIpc) is 2.85. The lowest BCUT2D eigenvalue weighted by Crippen LogP contribution is -2.47. The van der Waals surface area contributed by atoms with Crippen molar-refractivity contribution in [1.82, 2.24) is 4.90 Å². The lowest BCUT2D eigenvalue weighted by molar-refractivity contribution is -0.138. The van der Waals surface area contributed by atoms with Crippen molar-refractivity contribution in [3.05, 3.63) is 35.4 Å². The second kappa shape index (κ2) is 12.6. The zero-order chi connectivity index (χ0) is 23.9. The topological polar surface area (TPSA) is 40.5 Å². The molecule has 0 aromatic heterocycles. The van der Waals surface area contributed by atoms with E-state index in [9.17, 15) is 9.90 Å². The highest BCUT2D eigenvalue weighted by Crippen LogP contribution is 2.42. The van der Waals surface area contributed by atoms with Crippen LogP contribution in [0, 0.1) is 17.8 Å². The highest BCUT2D eigenvalue weighted by atomic mass is 16.4. The van der Waals surface area contributed by atoms with Crippen LogP contribution in [0.1, 0.15) is 127 Å². The Morgan fingerprint density at radius 1 is 0.824 bits per heavy atom. The second-order valence-corrected chi connectivity index (χ2v) is 12.2. The predicted octanol–water partition coefficient (Wildman–Crippen LogP) is 8.00. The van der Waals surface area contributed by atoms with Crippen LogP contribution < -0.4 is 0 Å². The smallest absolute Gasteiger partial charge is 0.303 e. The Hall–Kier alpha value is -1.35. The van der Waals surface area contributed by atoms with Crippen LogP contribution in [0.15, 0.2) is 24.3 Å². The van der Waals surface area contributed by atoms with Gasteiger partial charge in [0.2, 0.25) is 0 Å². The molecule has 0 bridgehead atoms. The monoisotopic (exact) mass is 467 g/mol. The minimum absolute atomic E-state index is 0.315. The summed E-state index contributed by atoms with van der Waals surface area (Å²) in [6.45, 7) is 7.06. The van der Waals surface area contributed by atoms with Gasteiger partial charge in [-0.2, -0.15) is 0 Å². The first kappa shape index (κ1) is 25.7. The zero-order valence-electron chi connectivity index (χ0n) is 21.9. The summed E-state index contributed by atoms with van der Waals surface area (Å²) in [7, 11) is 0. The van der Waals surface area contributed by atoms with Gasteiger partial charge in [0, 0.05) is 25.6 Å². The quantitative estimate of drug-likeness (QED) is 0.400. The maximum absolute atomic E-state index is 11.6. The third kappa shape index (κ3) is 7.09. The van der Waals surface area contributed by atoms with Gasteiger partial charge in [0.25, 0.3) is 0 Å². The van der Waals surface area contributed by atoms with Gasteiger partial charge in [0.15, 0.2) is 0 Å². The van der Waals surface area contributed by atoms with Gasteiger partial charge in [-0.3, -0.25) is 9.69 Å². The molecule has 4 rings (SSSR count). The molecule has 0 radical (unpaired) electrons. The first-order valence-electron chi connectivity index (χ1n) is 14.5. The Morgan fingerprint density at radius 2 is 1.38 bits per heavy atom. The summed E-state index contributed by atoms with van der Waals surface area (Å²) < 4.78 is 0. The Bertz CT molecular complexity index is 725. The van der Waals surface area contributed by atoms with Gasteiger partial charge in [-0.1, -0.05) is 76.6 Å². The summed E-state index contributed by atoms with van der Waals surface area (Å²) in [5, 5.41) is 9.52. The van der Waals surface area contributed by atoms with E-state index in [1.165, 1.54) is 88.4 Å². The van der Waals surface area contributed by atoms with Crippen molar-refractivity contribution in [1.29, 1.82) is 0 Å². The van der Waals surface area contributed by atoms with E-state index in [1.807, 2.05) is 0 Å². The minimum atomic E-state index is -0.626. The summed E-state index contributed by atoms with van der Waals surface area (Å²) >= 11 is 0. The van der Waals surface area contributed by atoms with E-state index in [-0.39, 0.29) is 0 Å². The molecule has 3 heteroatoms. The molecule has 1 N–H and O–H groups in total. The molecule has 1 aromatic rings. The number of hydrogen-bond donors (Lipinski definition) is 1. The Balaban J connectivity index is 1.57. The molecule has 0 amide bonds. The van der Waals surface area contributed by atoms with Crippen molar-refractivity contribution in [3.63, 3.8) is 0 Å². The standard InChI is InChI=1S/C31H49NO2/c1-23(2)27-14-16-28(17-15-27)29-19-26(20-31(33)34)13-18-30(29)32(21-24-9-5-3-6-10-24)22-25-11-7-4-8-12-25/h14-17,23-26,29-30H,3-13,18-22H2,1-2H3,(H,33,34)/t26-,29+,30-/m1/s1. The molecule has 3 saturated carbocycles. The second-order valence-electron chi connectivity index (χ2n) is 12.2. The van der Waals surface area contributed by atoms with E-state index in [4.69, 9.17) is 0 Å². The average molecular weight is 468 g/mol. The fourth-order valence-electron chi connectivity index (χ4n) is 7.35. The molecule has 1 aromatic carbocycles. The van der Waals surface area contributed by atoms with Crippen molar-refractivity contribution < 1.29 is 9.90 Å². The van der Waals surface area contributed by atoms with Gasteiger partial charge in [-0.05, 0) is 85.7 Å². The molecule has 190 valence electrons. The van der Waals surface area contributed by atoms with E-state index in [0.29, 0.717) is 30.2 Å². The highest BCUT2D eigenvalue weighted by molar-refractivity contribution is 5.67. The van der Waals surface area contributed by atoms with Gasteiger partial charge in [-0.15, -0.1) is 0 Å². The van der Waals surface area contributed by atoms with Crippen molar-refractivity contribution in [3.8, 4) is 0 Å². The van der Waals surface area contributed by atoms with E-state index in [0.717, 1.165) is 31.1 Å². The third-order valence-corrected chi connectivity index (χ3v) is 9.32. The van der Waals surface area contributed by atoms with E-state index in [1.54, 1.807) is 0 Å². The number of carboxylic acid groups (broad SMARTS) is 1. The molecular formula is C31H49NO2. The maximum atomic E-state index is 11.6. The van der Waals surface area contributed by atoms with Crippen LogP contribution in [-0.2, 0) is 4.79 Å². The van der Waals surface area contributed by atoms with Crippen LogP contribution in [0.2, 0.25) is 0 Å². The van der Waals surface area contributed by atoms with Crippen molar-refractivity contribution in [2.45, 2.75) is 122 Å². The molecular weight excluding hydrogens is 418 g/mol. The fraction of sp³-hybridized carbons (Fsp3) is 0.774. The van der Waals surface area contributed by atoms with Gasteiger partial charge >= 0.3 is 5.97 Å². The van der Waals surface area contributed by atoms with Crippen LogP contribution in [0.5, 0.6) is 0 Å². The SMILES string of the molecule is CC(C)c1ccc([C@@H]2C[C@H](CC(=O)O)CC[C@H]2N(CC2CCCCC2)CC2CCCCC2)cc1. The molecule has 3 aliphatic rings. The first-order valence-corrected chi connectivity index (χ1v) is 14.5. The number of nitrogens with zero attached hydrogens (tertiary/aromatic N) is 1. The molecule has 0 spiro atoms. The zero-order valence-corrected chi connectivity index (χ0v) is 21.9. The largest absolute Gasteiger partial charge is 0.481 e. The summed E-state index contributed by atoms with van der Waals surface area (Å²) in [6, 6.07) is 9.96. The number of benzene rings is 1. The number of aliphatic carboxylic acids is 1. The highest BCUT2D eigenvalue weighted by Gasteiger charge is 2.37. The molecule has 3 atom stereocenters. The van der Waals surface area contributed by atoms with Crippen LogP contribution in [0.4, 0.5) is 0 Å². The summed E-state index contributed by atoms with van der Waals surface area (Å²) in [5.41, 5.74) is 2.85. The van der Waals surface area contributed by atoms with E-state index < -0.39 is 5.97 Å². The van der Waals surface area contributed by atoms with Gasteiger partial charge in [-0.25, -0.2) is 0 Å². The van der Waals surface area contributed by atoms with Gasteiger partial charge in [0.1, 0.15) is 0 Å². The molecule has 0 unspecified atom stereocenters. The lowest BCUT2D eigenvalue weighted by atomic mass is 9.72. The van der Waals surface area contributed by atoms with Crippen molar-refractivity contribution >= 4 is 5.97 Å². The number of carboxylic acids is 1. The van der Waals surface area contributed by atoms with Crippen LogP contribution >= 0.6 is 0 Å². The molecule has 34 heavy (non-hydrogen) atoms. The first-order chi connectivity index (χ1) is 16.5. The van der Waals surface area contributed by atoms with Gasteiger partial charge < -0.3 is 5.11 Å². The molecule has 0 heterocycles. The predicted molar refractivity (Wildman–Crippen MR) is 141 cm³/mol. The van der Waals surface area contributed by atoms with Crippen LogP contribution in [0.25, 0.3) is 0 Å². The number of carbonyl (C=O) groups is 1. The van der Waals surface area contributed by atoms with Crippen molar-refractivity contribution in [2.75, 3.05) is 13.1 Å². The number of hydrogen-bond acceptors (Lipinski definition) is 2. The number of rotatable bonds is 9. The Kier molecular flexibility index (Phi) is 9.51. The van der Waals surface area contributed by atoms with Crippen LogP contribution in [-0.4, -0.2) is 35.1 Å². The Labute approximate surface area is 208 Å². The Morgan fingerprint density at radius 3 is 1.88 bits per heavy atom. The van der Waals surface area contributed by atoms with E-state index in [2.05, 4.69) is 43.0 Å². The van der Waals surface area contributed by atoms with Gasteiger partial charge in [0.05, 0.1) is 0 Å². The van der Waals surface area contributed by atoms with E-state index >= 15 is 0 Å². The summed E-state index contributed by atoms with van der Waals surface area (Å²) in [5.74, 6) is 2.42. The minimum Gasteiger partial charge on any atom is -0.481 e. The maximum Gasteiger partial charge on any atom is 0.303 e. The van der Waals surface area contributed by atoms with Crippen LogP contribution in [0.3, 0.4) is 0 Å². The van der Waals surface area contributed by atoms with Crippen molar-refractivity contribution in [2.24, 2.45) is 17.8 Å². The fourth-order valence-corrected chi connectivity index (χ4v) is 7.35. The summed E-state index contributed by atoms with van der Waals surface area (Å²) in [4.78, 5) is 14.5.